The average molecular weight is 246 g/mol. The van der Waals surface area contributed by atoms with E-state index in [2.05, 4.69) is 10.3 Å². The molecule has 18 heavy (non-hydrogen) atoms. The van der Waals surface area contributed by atoms with E-state index in [1.165, 1.54) is 0 Å². The van der Waals surface area contributed by atoms with Crippen LogP contribution in [0.2, 0.25) is 0 Å². The first-order valence-electron chi connectivity index (χ1n) is 6.07. The fourth-order valence-electron chi connectivity index (χ4n) is 2.03. The van der Waals surface area contributed by atoms with Crippen molar-refractivity contribution in [1.82, 2.24) is 10.3 Å². The van der Waals surface area contributed by atoms with E-state index in [4.69, 9.17) is 0 Å². The first-order valence-corrected chi connectivity index (χ1v) is 6.07. The Hall–Kier alpha value is -1.49. The molecule has 1 aromatic carbocycles. The van der Waals surface area contributed by atoms with E-state index in [-0.39, 0.29) is 0 Å². The number of hydrogen-bond acceptors (Lipinski definition) is 4. The van der Waals surface area contributed by atoms with Crippen LogP contribution in [0.3, 0.4) is 0 Å². The number of nitrogens with zero attached hydrogens (tertiary/aromatic N) is 1. The molecule has 0 saturated heterocycles. The molecule has 2 rings (SSSR count). The van der Waals surface area contributed by atoms with Crippen molar-refractivity contribution < 1.29 is 10.2 Å². The summed E-state index contributed by atoms with van der Waals surface area (Å²) in [6.07, 6.45) is 2.18. The molecule has 3 N–H and O–H groups in total. The fraction of sp³-hybridized carbons (Fsp3) is 0.357. The number of rotatable bonds is 5. The van der Waals surface area contributed by atoms with E-state index in [9.17, 15) is 10.2 Å². The summed E-state index contributed by atoms with van der Waals surface area (Å²) in [5, 5.41) is 25.0. The maximum atomic E-state index is 10.2. The highest BCUT2D eigenvalue weighted by Crippen LogP contribution is 2.26. The predicted molar refractivity (Wildman–Crippen MR) is 71.3 cm³/mol. The minimum atomic E-state index is -0.906. The van der Waals surface area contributed by atoms with Crippen molar-refractivity contribution in [3.63, 3.8) is 0 Å². The third kappa shape index (κ3) is 2.67. The second kappa shape index (κ2) is 5.91. The molecule has 0 fully saturated rings. The van der Waals surface area contributed by atoms with Gasteiger partial charge in [-0.15, -0.1) is 0 Å². The largest absolute Gasteiger partial charge is 0.390 e. The molecule has 0 amide bonds. The van der Waals surface area contributed by atoms with Gasteiger partial charge in [-0.3, -0.25) is 4.98 Å². The minimum Gasteiger partial charge on any atom is -0.390 e. The second-order valence-corrected chi connectivity index (χ2v) is 4.35. The number of fused-ring (bicyclic) bond motifs is 1. The van der Waals surface area contributed by atoms with Crippen molar-refractivity contribution in [2.45, 2.75) is 18.6 Å². The third-order valence-electron chi connectivity index (χ3n) is 3.07. The summed E-state index contributed by atoms with van der Waals surface area (Å²) < 4.78 is 0. The van der Waals surface area contributed by atoms with Crippen LogP contribution < -0.4 is 5.32 Å². The molecule has 0 aliphatic heterocycles. The molecule has 0 aliphatic rings. The Morgan fingerprint density at radius 1 is 1.22 bits per heavy atom. The number of aliphatic hydroxyl groups is 2. The highest BCUT2D eigenvalue weighted by Gasteiger charge is 2.20. The van der Waals surface area contributed by atoms with Gasteiger partial charge < -0.3 is 15.5 Å². The van der Waals surface area contributed by atoms with Gasteiger partial charge in [-0.2, -0.15) is 0 Å². The normalized spacial score (nSPS) is 14.6. The lowest BCUT2D eigenvalue weighted by Gasteiger charge is -2.19. The molecule has 2 aromatic rings. The van der Waals surface area contributed by atoms with Crippen molar-refractivity contribution in [2.75, 3.05) is 13.6 Å². The van der Waals surface area contributed by atoms with Gasteiger partial charge in [0, 0.05) is 23.3 Å². The Bertz CT molecular complexity index is 511. The SMILES string of the molecule is CNCCC(O)C(O)c1cncc2ccccc12. The Labute approximate surface area is 106 Å². The van der Waals surface area contributed by atoms with E-state index in [0.29, 0.717) is 18.5 Å². The van der Waals surface area contributed by atoms with Crippen molar-refractivity contribution in [2.24, 2.45) is 0 Å². The van der Waals surface area contributed by atoms with E-state index in [1.807, 2.05) is 31.3 Å². The quantitative estimate of drug-likeness (QED) is 0.742. The molecule has 0 spiro atoms. The van der Waals surface area contributed by atoms with Crippen LogP contribution in [-0.4, -0.2) is 34.9 Å². The van der Waals surface area contributed by atoms with Gasteiger partial charge in [-0.05, 0) is 25.4 Å². The van der Waals surface area contributed by atoms with Crippen LogP contribution in [0, 0.1) is 0 Å². The zero-order valence-corrected chi connectivity index (χ0v) is 10.4. The van der Waals surface area contributed by atoms with Crippen LogP contribution in [0.25, 0.3) is 10.8 Å². The lowest BCUT2D eigenvalue weighted by Crippen LogP contribution is -2.23. The van der Waals surface area contributed by atoms with Gasteiger partial charge in [0.2, 0.25) is 0 Å². The summed E-state index contributed by atoms with van der Waals surface area (Å²) in [7, 11) is 1.82. The molecular weight excluding hydrogens is 228 g/mol. The maximum absolute atomic E-state index is 10.2. The zero-order valence-electron chi connectivity index (χ0n) is 10.4. The van der Waals surface area contributed by atoms with Crippen LogP contribution in [0.15, 0.2) is 36.7 Å². The topological polar surface area (TPSA) is 65.4 Å². The van der Waals surface area contributed by atoms with Gasteiger partial charge >= 0.3 is 0 Å². The Balaban J connectivity index is 2.29. The molecule has 4 nitrogen and oxygen atoms in total. The smallest absolute Gasteiger partial charge is 0.107 e. The minimum absolute atomic E-state index is 0.501. The number of aromatic nitrogens is 1. The highest BCUT2D eigenvalue weighted by molar-refractivity contribution is 5.84. The van der Waals surface area contributed by atoms with Gasteiger partial charge in [-0.1, -0.05) is 24.3 Å². The molecule has 4 heteroatoms. The van der Waals surface area contributed by atoms with E-state index >= 15 is 0 Å². The van der Waals surface area contributed by atoms with Crippen LogP contribution >= 0.6 is 0 Å². The summed E-state index contributed by atoms with van der Waals surface area (Å²) in [6.45, 7) is 0.663. The Morgan fingerprint density at radius 2 is 2.00 bits per heavy atom. The van der Waals surface area contributed by atoms with Gasteiger partial charge in [0.05, 0.1) is 6.10 Å². The molecule has 2 atom stereocenters. The zero-order chi connectivity index (χ0) is 13.0. The number of aliphatic hydroxyl groups excluding tert-OH is 2. The summed E-state index contributed by atoms with van der Waals surface area (Å²) in [5.74, 6) is 0. The average Bonchev–Trinajstić information content (AvgIpc) is 2.43. The van der Waals surface area contributed by atoms with Crippen molar-refractivity contribution in [3.8, 4) is 0 Å². The van der Waals surface area contributed by atoms with E-state index in [0.717, 1.165) is 10.8 Å². The van der Waals surface area contributed by atoms with Crippen molar-refractivity contribution in [1.29, 1.82) is 0 Å². The molecule has 1 heterocycles. The summed E-state index contributed by atoms with van der Waals surface area (Å²) >= 11 is 0. The number of nitrogens with one attached hydrogen (secondary N) is 1. The van der Waals surface area contributed by atoms with Gasteiger partial charge in [0.15, 0.2) is 0 Å². The van der Waals surface area contributed by atoms with Crippen molar-refractivity contribution >= 4 is 10.8 Å². The summed E-state index contributed by atoms with van der Waals surface area (Å²) in [4.78, 5) is 4.11. The lowest BCUT2D eigenvalue weighted by atomic mass is 9.98. The fourth-order valence-corrected chi connectivity index (χ4v) is 2.03. The van der Waals surface area contributed by atoms with Gasteiger partial charge in [0.1, 0.15) is 6.10 Å². The van der Waals surface area contributed by atoms with Crippen LogP contribution in [0.4, 0.5) is 0 Å². The van der Waals surface area contributed by atoms with Crippen LogP contribution in [0.1, 0.15) is 18.1 Å². The van der Waals surface area contributed by atoms with Crippen LogP contribution in [-0.2, 0) is 0 Å². The standard InChI is InChI=1S/C14H18N2O2/c1-15-7-6-13(17)14(18)12-9-16-8-10-4-2-3-5-11(10)12/h2-5,8-9,13-15,17-18H,6-7H2,1H3. The van der Waals surface area contributed by atoms with E-state index in [1.54, 1.807) is 12.4 Å². The molecule has 0 bridgehead atoms. The molecular formula is C14H18N2O2. The van der Waals surface area contributed by atoms with Crippen LogP contribution in [0.5, 0.6) is 0 Å². The third-order valence-corrected chi connectivity index (χ3v) is 3.07. The molecule has 1 aromatic heterocycles. The molecule has 2 unspecified atom stereocenters. The maximum Gasteiger partial charge on any atom is 0.107 e. The molecule has 0 radical (unpaired) electrons. The molecule has 0 saturated carbocycles. The highest BCUT2D eigenvalue weighted by atomic mass is 16.3. The van der Waals surface area contributed by atoms with E-state index < -0.39 is 12.2 Å². The molecule has 96 valence electrons. The summed E-state index contributed by atoms with van der Waals surface area (Å²) in [5.41, 5.74) is 0.678. The predicted octanol–water partition coefficient (Wildman–Crippen LogP) is 1.24. The second-order valence-electron chi connectivity index (χ2n) is 4.35. The van der Waals surface area contributed by atoms with Gasteiger partial charge in [-0.25, -0.2) is 0 Å². The Morgan fingerprint density at radius 3 is 2.78 bits per heavy atom. The first-order chi connectivity index (χ1) is 8.74. The summed E-state index contributed by atoms with van der Waals surface area (Å²) in [6, 6.07) is 7.72. The lowest BCUT2D eigenvalue weighted by molar-refractivity contribution is 0.0147. The van der Waals surface area contributed by atoms with Crippen molar-refractivity contribution in [3.05, 3.63) is 42.2 Å². The number of hydrogen-bond donors (Lipinski definition) is 3. The number of pyridine rings is 1. The molecule has 0 aliphatic carbocycles. The Kier molecular flexibility index (Phi) is 4.25. The first kappa shape index (κ1) is 13.0. The number of benzene rings is 1. The van der Waals surface area contributed by atoms with Gasteiger partial charge in [0.25, 0.3) is 0 Å². The monoisotopic (exact) mass is 246 g/mol.